The van der Waals surface area contributed by atoms with Gasteiger partial charge in [0, 0.05) is 40.9 Å². The molecular weight excluding hydrogens is 400 g/mol. The van der Waals surface area contributed by atoms with Crippen molar-refractivity contribution in [1.82, 2.24) is 0 Å². The topological polar surface area (TPSA) is 76.4 Å². The van der Waals surface area contributed by atoms with Gasteiger partial charge in [0.25, 0.3) is 0 Å². The van der Waals surface area contributed by atoms with E-state index in [0.717, 1.165) is 34.1 Å². The predicted octanol–water partition coefficient (Wildman–Crippen LogP) is 5.00. The fraction of sp³-hybridized carbons (Fsp3) is 0.259. The van der Waals surface area contributed by atoms with Crippen molar-refractivity contribution in [2.45, 2.75) is 34.6 Å². The minimum absolute atomic E-state index is 0.268. The van der Waals surface area contributed by atoms with Crippen LogP contribution in [0, 0.1) is 0 Å². The monoisotopic (exact) mass is 433 g/mol. The third-order valence-electron chi connectivity index (χ3n) is 4.82. The van der Waals surface area contributed by atoms with Crippen LogP contribution in [0.5, 0.6) is 0 Å². The number of carboxylic acid groups (broad SMARTS) is 1. The van der Waals surface area contributed by atoms with Gasteiger partial charge in [-0.3, -0.25) is 0 Å². The van der Waals surface area contributed by atoms with Gasteiger partial charge in [-0.05, 0) is 36.8 Å². The Morgan fingerprint density at radius 2 is 1.69 bits per heavy atom. The molecule has 4 rings (SSSR count). The van der Waals surface area contributed by atoms with E-state index in [1.54, 1.807) is 12.1 Å². The second-order valence-corrected chi connectivity index (χ2v) is 6.53. The first-order valence-electron chi connectivity index (χ1n) is 11.2. The third kappa shape index (κ3) is 4.99. The molecule has 0 atom stereocenters. The van der Waals surface area contributed by atoms with Crippen LogP contribution in [0.2, 0.25) is 0 Å². The fourth-order valence-electron chi connectivity index (χ4n) is 3.54. The van der Waals surface area contributed by atoms with E-state index >= 15 is 0 Å². The zero-order valence-electron chi connectivity index (χ0n) is 19.7. The van der Waals surface area contributed by atoms with Crippen molar-refractivity contribution >= 4 is 22.6 Å². The van der Waals surface area contributed by atoms with Gasteiger partial charge in [-0.2, -0.15) is 0 Å². The zero-order chi connectivity index (χ0) is 23.7. The molecule has 2 aromatic rings. The van der Waals surface area contributed by atoms with Gasteiger partial charge in [0.2, 0.25) is 5.36 Å². The van der Waals surface area contributed by atoms with Gasteiger partial charge < -0.3 is 14.8 Å². The van der Waals surface area contributed by atoms with Gasteiger partial charge in [0.1, 0.15) is 18.4 Å². The highest BCUT2D eigenvalue weighted by atomic mass is 16.4. The van der Waals surface area contributed by atoms with Gasteiger partial charge in [-0.15, -0.1) is 0 Å². The maximum atomic E-state index is 11.9. The SMILES string of the molecule is CC.CC.CCNc1ccc2c(-c3ccccc3C(=O)O)c3ccc(=[NH+]C)cc-3oc2c1. The molecule has 0 saturated heterocycles. The first kappa shape index (κ1) is 24.7. The molecular formula is C27H33N2O3+. The summed E-state index contributed by atoms with van der Waals surface area (Å²) in [6.45, 7) is 10.8. The molecule has 5 nitrogen and oxygen atoms in total. The molecule has 0 bridgehead atoms. The van der Waals surface area contributed by atoms with Crippen LogP contribution in [-0.4, -0.2) is 24.7 Å². The molecule has 168 valence electrons. The minimum atomic E-state index is -0.950. The predicted molar refractivity (Wildman–Crippen MR) is 132 cm³/mol. The number of hydrogen-bond donors (Lipinski definition) is 3. The second-order valence-electron chi connectivity index (χ2n) is 6.53. The Kier molecular flexibility index (Phi) is 9.02. The van der Waals surface area contributed by atoms with Crippen molar-refractivity contribution in [3.63, 3.8) is 0 Å². The molecule has 0 aromatic heterocycles. The normalized spacial score (nSPS) is 10.8. The summed E-state index contributed by atoms with van der Waals surface area (Å²) in [5.74, 6) is -0.253. The van der Waals surface area contributed by atoms with E-state index in [4.69, 9.17) is 4.42 Å². The van der Waals surface area contributed by atoms with E-state index in [1.807, 2.05) is 90.2 Å². The summed E-state index contributed by atoms with van der Waals surface area (Å²) >= 11 is 0. The van der Waals surface area contributed by atoms with Gasteiger partial charge in [-0.1, -0.05) is 45.9 Å². The molecule has 0 saturated carbocycles. The number of rotatable bonds is 4. The average molecular weight is 434 g/mol. The Morgan fingerprint density at radius 3 is 2.34 bits per heavy atom. The van der Waals surface area contributed by atoms with Crippen molar-refractivity contribution < 1.29 is 19.3 Å². The Bertz CT molecular complexity index is 1230. The molecule has 32 heavy (non-hydrogen) atoms. The number of nitrogens with one attached hydrogen (secondary N) is 2. The number of benzene rings is 3. The van der Waals surface area contributed by atoms with Gasteiger partial charge in [-0.25, -0.2) is 9.79 Å². The van der Waals surface area contributed by atoms with Crippen molar-refractivity contribution in [2.24, 2.45) is 0 Å². The zero-order valence-corrected chi connectivity index (χ0v) is 19.7. The Morgan fingerprint density at radius 1 is 0.969 bits per heavy atom. The van der Waals surface area contributed by atoms with E-state index < -0.39 is 5.97 Å². The molecule has 0 unspecified atom stereocenters. The van der Waals surface area contributed by atoms with Crippen molar-refractivity contribution in [1.29, 1.82) is 0 Å². The molecule has 2 aromatic carbocycles. The van der Waals surface area contributed by atoms with Crippen LogP contribution in [0.1, 0.15) is 45.0 Å². The highest BCUT2D eigenvalue weighted by Crippen LogP contribution is 2.41. The lowest BCUT2D eigenvalue weighted by Gasteiger charge is -2.17. The molecule has 0 fully saturated rings. The third-order valence-corrected chi connectivity index (χ3v) is 4.82. The number of carboxylic acids is 1. The maximum Gasteiger partial charge on any atom is 0.336 e. The molecule has 1 aliphatic heterocycles. The van der Waals surface area contributed by atoms with Crippen LogP contribution in [0.15, 0.2) is 65.1 Å². The summed E-state index contributed by atoms with van der Waals surface area (Å²) in [6.07, 6.45) is 0. The lowest BCUT2D eigenvalue weighted by molar-refractivity contribution is -0.465. The van der Waals surface area contributed by atoms with E-state index in [1.165, 1.54) is 0 Å². The van der Waals surface area contributed by atoms with Crippen LogP contribution < -0.4 is 15.7 Å². The van der Waals surface area contributed by atoms with E-state index in [9.17, 15) is 9.90 Å². The summed E-state index contributed by atoms with van der Waals surface area (Å²) in [4.78, 5) is 15.0. The van der Waals surface area contributed by atoms with E-state index in [-0.39, 0.29) is 5.56 Å². The molecule has 5 heteroatoms. The highest BCUT2D eigenvalue weighted by Gasteiger charge is 2.21. The number of hydrogen-bond acceptors (Lipinski definition) is 3. The van der Waals surface area contributed by atoms with Crippen LogP contribution in [0.25, 0.3) is 33.4 Å². The molecule has 0 spiro atoms. The maximum absolute atomic E-state index is 11.9. The molecule has 0 amide bonds. The fourth-order valence-corrected chi connectivity index (χ4v) is 3.54. The second kappa shape index (κ2) is 11.7. The van der Waals surface area contributed by atoms with Crippen LogP contribution in [-0.2, 0) is 0 Å². The number of fused-ring (bicyclic) bond motifs is 2. The number of anilines is 1. The van der Waals surface area contributed by atoms with Crippen molar-refractivity contribution in [3.8, 4) is 22.5 Å². The molecule has 1 aliphatic carbocycles. The quantitative estimate of drug-likeness (QED) is 0.396. The van der Waals surface area contributed by atoms with Gasteiger partial charge in [0.15, 0.2) is 0 Å². The first-order chi connectivity index (χ1) is 15.6. The largest absolute Gasteiger partial charge is 0.478 e. The number of aromatic carboxylic acids is 1. The summed E-state index contributed by atoms with van der Waals surface area (Å²) in [5, 5.41) is 14.8. The van der Waals surface area contributed by atoms with E-state index in [0.29, 0.717) is 16.9 Å². The summed E-state index contributed by atoms with van der Waals surface area (Å²) < 4.78 is 6.21. The molecule has 0 radical (unpaired) electrons. The number of carbonyl (C=O) groups is 1. The summed E-state index contributed by atoms with van der Waals surface area (Å²) in [6, 6.07) is 18.9. The van der Waals surface area contributed by atoms with Crippen molar-refractivity contribution in [2.75, 3.05) is 18.9 Å². The summed E-state index contributed by atoms with van der Waals surface area (Å²) in [7, 11) is 1.85. The molecule has 2 aliphatic rings. The molecule has 1 heterocycles. The smallest absolute Gasteiger partial charge is 0.336 e. The Balaban J connectivity index is 0.000000860. The average Bonchev–Trinajstić information content (AvgIpc) is 2.84. The Labute approximate surface area is 189 Å². The molecule has 3 N–H and O–H groups in total. The van der Waals surface area contributed by atoms with Crippen LogP contribution >= 0.6 is 0 Å². The summed E-state index contributed by atoms with van der Waals surface area (Å²) in [5.41, 5.74) is 4.34. The standard InChI is InChI=1S/C23H20N2O3.2C2H6/c1-3-25-15-9-11-19-21(13-15)28-20-12-14(24-2)8-10-18(20)22(19)16-6-4-5-7-17(16)23(26)27;2*1-2/h4-13,25H,3H2,1-2H3,(H,26,27);2*1-2H3/p+1. The van der Waals surface area contributed by atoms with Gasteiger partial charge in [0.05, 0.1) is 11.6 Å². The lowest BCUT2D eigenvalue weighted by Crippen LogP contribution is -2.71. The van der Waals surface area contributed by atoms with E-state index in [2.05, 4.69) is 10.3 Å². The van der Waals surface area contributed by atoms with Crippen LogP contribution in [0.4, 0.5) is 5.69 Å². The minimum Gasteiger partial charge on any atom is -0.478 e. The van der Waals surface area contributed by atoms with Crippen LogP contribution in [0.3, 0.4) is 0 Å². The highest BCUT2D eigenvalue weighted by molar-refractivity contribution is 6.07. The Hall–Kier alpha value is -3.60. The van der Waals surface area contributed by atoms with Gasteiger partial charge >= 0.3 is 5.97 Å². The lowest BCUT2D eigenvalue weighted by atomic mass is 9.90. The first-order valence-corrected chi connectivity index (χ1v) is 11.2. The van der Waals surface area contributed by atoms with Crippen molar-refractivity contribution in [3.05, 3.63) is 71.6 Å².